The van der Waals surface area contributed by atoms with Crippen molar-refractivity contribution in [3.05, 3.63) is 0 Å². The van der Waals surface area contributed by atoms with Crippen LogP contribution in [0.2, 0.25) is 0 Å². The van der Waals surface area contributed by atoms with Crippen molar-refractivity contribution in [2.75, 3.05) is 6.54 Å². The Morgan fingerprint density at radius 3 is 2.35 bits per heavy atom. The molecular formula is C7H15F3N4O2S. The highest BCUT2D eigenvalue weighted by Crippen LogP contribution is 2.12. The zero-order valence-electron chi connectivity index (χ0n) is 9.13. The summed E-state index contributed by atoms with van der Waals surface area (Å²) in [5, 5.41) is 6.98. The van der Waals surface area contributed by atoms with Gasteiger partial charge in [0, 0.05) is 12.5 Å². The highest BCUT2D eigenvalue weighted by molar-refractivity contribution is 7.87. The van der Waals surface area contributed by atoms with E-state index in [0.29, 0.717) is 6.42 Å². The predicted molar refractivity (Wildman–Crippen MR) is 56.7 cm³/mol. The highest BCUT2D eigenvalue weighted by atomic mass is 32.2. The molecule has 0 aliphatic rings. The fraction of sp³-hybridized carbons (Fsp3) is 0.857. The van der Waals surface area contributed by atoms with E-state index in [0.717, 1.165) is 0 Å². The van der Waals surface area contributed by atoms with Gasteiger partial charge in [0.2, 0.25) is 0 Å². The van der Waals surface area contributed by atoms with E-state index < -0.39 is 29.0 Å². The number of nitrogens with two attached hydrogens (primary N) is 1. The maximum atomic E-state index is 11.8. The predicted octanol–water partition coefficient (Wildman–Crippen LogP) is 0.0774. The van der Waals surface area contributed by atoms with E-state index in [1.54, 1.807) is 6.92 Å². The van der Waals surface area contributed by atoms with Crippen LogP contribution in [0.5, 0.6) is 0 Å². The zero-order valence-corrected chi connectivity index (χ0v) is 9.95. The standard InChI is InChI=1S/C7H15F3N4O2S/c1-2-5(3-6(11)12)14-17(15,16)13-4-7(8,9)10/h5,13-14H,2-4H2,1H3,(H3,11,12). The van der Waals surface area contributed by atoms with Crippen molar-refractivity contribution in [3.63, 3.8) is 0 Å². The van der Waals surface area contributed by atoms with Gasteiger partial charge < -0.3 is 5.73 Å². The Kier molecular flexibility index (Phi) is 5.85. The van der Waals surface area contributed by atoms with Crippen LogP contribution in [0.15, 0.2) is 0 Å². The molecule has 102 valence electrons. The van der Waals surface area contributed by atoms with E-state index >= 15 is 0 Å². The van der Waals surface area contributed by atoms with Gasteiger partial charge in [0.25, 0.3) is 10.2 Å². The Labute approximate surface area is 97.4 Å². The Bertz CT molecular complexity index is 355. The fourth-order valence-electron chi connectivity index (χ4n) is 0.973. The second-order valence-electron chi connectivity index (χ2n) is 3.39. The van der Waals surface area contributed by atoms with Crippen molar-refractivity contribution in [3.8, 4) is 0 Å². The summed E-state index contributed by atoms with van der Waals surface area (Å²) in [6.07, 6.45) is -4.35. The second-order valence-corrected chi connectivity index (χ2v) is 4.92. The summed E-state index contributed by atoms with van der Waals surface area (Å²) in [6, 6.07) is -0.696. The minimum Gasteiger partial charge on any atom is -0.388 e. The number of rotatable bonds is 7. The van der Waals surface area contributed by atoms with E-state index in [1.807, 2.05) is 4.72 Å². The van der Waals surface area contributed by atoms with Gasteiger partial charge in [0.1, 0.15) is 6.54 Å². The molecule has 0 bridgehead atoms. The van der Waals surface area contributed by atoms with Crippen molar-refractivity contribution >= 4 is 16.0 Å². The molecule has 0 aromatic heterocycles. The lowest BCUT2D eigenvalue weighted by molar-refractivity contribution is -0.121. The van der Waals surface area contributed by atoms with Crippen LogP contribution in [0.1, 0.15) is 19.8 Å². The highest BCUT2D eigenvalue weighted by Gasteiger charge is 2.30. The molecule has 0 rings (SSSR count). The Hall–Kier alpha value is -0.870. The first-order chi connectivity index (χ1) is 7.56. The summed E-state index contributed by atoms with van der Waals surface area (Å²) in [5.41, 5.74) is 5.08. The molecule has 1 atom stereocenters. The topological polar surface area (TPSA) is 108 Å². The molecule has 17 heavy (non-hydrogen) atoms. The van der Waals surface area contributed by atoms with Gasteiger partial charge in [-0.15, -0.1) is 0 Å². The molecule has 0 saturated carbocycles. The van der Waals surface area contributed by atoms with Gasteiger partial charge in [0.05, 0.1) is 5.84 Å². The van der Waals surface area contributed by atoms with Gasteiger partial charge in [0.15, 0.2) is 0 Å². The molecule has 0 aliphatic heterocycles. The number of hydrogen-bond donors (Lipinski definition) is 4. The lowest BCUT2D eigenvalue weighted by Crippen LogP contribution is -2.46. The quantitative estimate of drug-likeness (QED) is 0.390. The molecule has 0 amide bonds. The van der Waals surface area contributed by atoms with Gasteiger partial charge in [-0.1, -0.05) is 6.92 Å². The average Bonchev–Trinajstić information content (AvgIpc) is 2.12. The summed E-state index contributed by atoms with van der Waals surface area (Å²) >= 11 is 0. The Balaban J connectivity index is 4.37. The molecule has 0 aromatic carbocycles. The third-order valence-corrected chi connectivity index (χ3v) is 2.91. The molecular weight excluding hydrogens is 261 g/mol. The Morgan fingerprint density at radius 2 is 2.00 bits per heavy atom. The van der Waals surface area contributed by atoms with Crippen LogP contribution in [-0.4, -0.2) is 33.0 Å². The third kappa shape index (κ3) is 8.89. The molecule has 5 N–H and O–H groups in total. The maximum Gasteiger partial charge on any atom is 0.402 e. The largest absolute Gasteiger partial charge is 0.402 e. The summed E-state index contributed by atoms with van der Waals surface area (Å²) in [4.78, 5) is 0. The number of hydrogen-bond acceptors (Lipinski definition) is 3. The number of alkyl halides is 3. The van der Waals surface area contributed by atoms with Crippen LogP contribution >= 0.6 is 0 Å². The van der Waals surface area contributed by atoms with Crippen molar-refractivity contribution in [2.45, 2.75) is 32.0 Å². The fourth-order valence-corrected chi connectivity index (χ4v) is 2.10. The van der Waals surface area contributed by atoms with E-state index in [4.69, 9.17) is 11.1 Å². The van der Waals surface area contributed by atoms with Crippen LogP contribution in [0.4, 0.5) is 13.2 Å². The first-order valence-corrected chi connectivity index (χ1v) is 6.20. The molecule has 0 spiro atoms. The van der Waals surface area contributed by atoms with E-state index in [9.17, 15) is 21.6 Å². The molecule has 0 aromatic rings. The van der Waals surface area contributed by atoms with Crippen LogP contribution in [0.3, 0.4) is 0 Å². The minimum absolute atomic E-state index is 0.0522. The van der Waals surface area contributed by atoms with Gasteiger partial charge >= 0.3 is 6.18 Å². The zero-order chi connectivity index (χ0) is 13.7. The summed E-state index contributed by atoms with van der Waals surface area (Å²) in [5.74, 6) is -0.240. The minimum atomic E-state index is -4.61. The monoisotopic (exact) mass is 276 g/mol. The number of amidine groups is 1. The van der Waals surface area contributed by atoms with Gasteiger partial charge in [-0.05, 0) is 6.42 Å². The molecule has 1 unspecified atom stereocenters. The molecule has 0 fully saturated rings. The van der Waals surface area contributed by atoms with Crippen molar-refractivity contribution in [1.29, 1.82) is 5.41 Å². The first kappa shape index (κ1) is 16.1. The lowest BCUT2D eigenvalue weighted by Gasteiger charge is -2.17. The smallest absolute Gasteiger partial charge is 0.388 e. The SMILES string of the molecule is CCC(CC(=N)N)NS(=O)(=O)NCC(F)(F)F. The van der Waals surface area contributed by atoms with E-state index in [1.165, 1.54) is 4.72 Å². The van der Waals surface area contributed by atoms with Crippen molar-refractivity contribution < 1.29 is 21.6 Å². The van der Waals surface area contributed by atoms with Gasteiger partial charge in [-0.25, -0.2) is 0 Å². The lowest BCUT2D eigenvalue weighted by atomic mass is 10.1. The van der Waals surface area contributed by atoms with Crippen molar-refractivity contribution in [2.24, 2.45) is 5.73 Å². The van der Waals surface area contributed by atoms with Crippen LogP contribution in [0, 0.1) is 5.41 Å². The average molecular weight is 276 g/mol. The molecule has 10 heteroatoms. The normalized spacial score (nSPS) is 14.6. The van der Waals surface area contributed by atoms with Crippen LogP contribution in [0.25, 0.3) is 0 Å². The van der Waals surface area contributed by atoms with Gasteiger partial charge in [-0.2, -0.15) is 31.0 Å². The molecule has 6 nitrogen and oxygen atoms in total. The second kappa shape index (κ2) is 6.17. The van der Waals surface area contributed by atoms with Crippen LogP contribution < -0.4 is 15.2 Å². The number of halogens is 3. The third-order valence-electron chi connectivity index (χ3n) is 1.74. The Morgan fingerprint density at radius 1 is 1.47 bits per heavy atom. The molecule has 0 radical (unpaired) electrons. The number of nitrogens with one attached hydrogen (secondary N) is 3. The summed E-state index contributed by atoms with van der Waals surface area (Å²) < 4.78 is 61.2. The van der Waals surface area contributed by atoms with Gasteiger partial charge in [-0.3, -0.25) is 5.41 Å². The maximum absolute atomic E-state index is 11.8. The summed E-state index contributed by atoms with van der Waals surface area (Å²) in [6.45, 7) is -0.0152. The van der Waals surface area contributed by atoms with Crippen LogP contribution in [-0.2, 0) is 10.2 Å². The van der Waals surface area contributed by atoms with E-state index in [2.05, 4.69) is 0 Å². The first-order valence-electron chi connectivity index (χ1n) is 4.72. The van der Waals surface area contributed by atoms with Crippen molar-refractivity contribution in [1.82, 2.24) is 9.44 Å². The molecule has 0 heterocycles. The molecule has 0 aliphatic carbocycles. The van der Waals surface area contributed by atoms with E-state index in [-0.39, 0.29) is 12.3 Å². The summed E-state index contributed by atoms with van der Waals surface area (Å²) in [7, 11) is -4.24. The molecule has 0 saturated heterocycles.